The fourth-order valence-corrected chi connectivity index (χ4v) is 7.51. The maximum atomic E-state index is 12.1. The number of phosphoric ester groups is 1. The van der Waals surface area contributed by atoms with Gasteiger partial charge in [-0.25, -0.2) is 4.57 Å². The lowest BCUT2D eigenvalue weighted by Gasteiger charge is -2.15. The van der Waals surface area contributed by atoms with Crippen molar-refractivity contribution >= 4 is 19.7 Å². The van der Waals surface area contributed by atoms with Crippen molar-refractivity contribution in [2.24, 2.45) is 0 Å². The molecule has 0 aromatic rings. The van der Waals surface area contributed by atoms with Gasteiger partial charge in [-0.2, -0.15) is 0 Å². The smallest absolute Gasteiger partial charge is 0.463 e. The van der Waals surface area contributed by atoms with Gasteiger partial charge in [0.2, 0.25) is 5.91 Å². The van der Waals surface area contributed by atoms with Crippen LogP contribution in [0.25, 0.3) is 0 Å². The van der Waals surface area contributed by atoms with Crippen LogP contribution in [0.5, 0.6) is 0 Å². The number of aliphatic hydroxyl groups excluding tert-OH is 1. The number of aliphatic hydroxyl groups is 1. The number of phosphoric acid groups is 1. The monoisotopic (exact) mass is 840 g/mol. The maximum Gasteiger partial charge on any atom is 0.472 e. The van der Waals surface area contributed by atoms with Crippen molar-refractivity contribution < 1.29 is 37.9 Å². The molecule has 0 saturated carbocycles. The zero-order valence-electron chi connectivity index (χ0n) is 37.5. The molecule has 340 valence electrons. The van der Waals surface area contributed by atoms with Gasteiger partial charge in [0.25, 0.3) is 0 Å². The zero-order valence-corrected chi connectivity index (χ0v) is 38.4. The second-order valence-electron chi connectivity index (χ2n) is 16.1. The largest absolute Gasteiger partial charge is 0.472 e. The third-order valence-electron chi connectivity index (χ3n) is 10.3. The van der Waals surface area contributed by atoms with Gasteiger partial charge in [-0.05, 0) is 44.9 Å². The lowest BCUT2D eigenvalue weighted by molar-refractivity contribution is -0.147. The Morgan fingerprint density at radius 3 is 1.48 bits per heavy atom. The van der Waals surface area contributed by atoms with Crippen LogP contribution in [-0.2, 0) is 27.9 Å². The minimum Gasteiger partial charge on any atom is -0.463 e. The average Bonchev–Trinajstić information content (AvgIpc) is 3.21. The molecule has 1 amide bonds. The highest BCUT2D eigenvalue weighted by Crippen LogP contribution is 2.42. The first-order valence-corrected chi connectivity index (χ1v) is 25.5. The van der Waals surface area contributed by atoms with Crippen molar-refractivity contribution in [3.63, 3.8) is 0 Å². The molecule has 0 aliphatic rings. The summed E-state index contributed by atoms with van der Waals surface area (Å²) >= 11 is 0. The molecule has 0 heterocycles. The van der Waals surface area contributed by atoms with E-state index in [1.165, 1.54) is 128 Å². The fourth-order valence-electron chi connectivity index (χ4n) is 6.75. The molecule has 0 bridgehead atoms. The van der Waals surface area contributed by atoms with Gasteiger partial charge in [-0.3, -0.25) is 18.6 Å². The number of hydrogen-bond donors (Lipinski definition) is 3. The van der Waals surface area contributed by atoms with Crippen LogP contribution in [-0.4, -0.2) is 54.3 Å². The van der Waals surface area contributed by atoms with E-state index in [0.717, 1.165) is 70.6 Å². The van der Waals surface area contributed by atoms with Gasteiger partial charge in [-0.15, -0.1) is 0 Å². The van der Waals surface area contributed by atoms with E-state index in [1.807, 2.05) is 0 Å². The Hall–Kier alpha value is -1.77. The quantitative estimate of drug-likeness (QED) is 0.0239. The number of ether oxygens (including phenoxy) is 1. The zero-order chi connectivity index (χ0) is 42.5. The van der Waals surface area contributed by atoms with E-state index in [4.69, 9.17) is 13.8 Å². The van der Waals surface area contributed by atoms with E-state index in [2.05, 4.69) is 55.6 Å². The summed E-state index contributed by atoms with van der Waals surface area (Å²) < 4.78 is 26.9. The first-order valence-electron chi connectivity index (χ1n) is 24.0. The number of unbranched alkanes of at least 4 members (excludes halogenated alkanes) is 26. The molecule has 10 heteroatoms. The SMILES string of the molecule is CC/C=C\C/C=C\C/C=C\CCCCCCCCCC(=O)OCC(O)COP(=O)(O)OCCNC(=O)CCCCCCCCCCCCCCCCCCCCCC. The van der Waals surface area contributed by atoms with Crippen molar-refractivity contribution in [3.8, 4) is 0 Å². The number of nitrogens with one attached hydrogen (secondary N) is 1. The molecule has 2 unspecified atom stereocenters. The summed E-state index contributed by atoms with van der Waals surface area (Å²) in [6.45, 7) is 3.47. The van der Waals surface area contributed by atoms with Crippen LogP contribution < -0.4 is 5.32 Å². The van der Waals surface area contributed by atoms with Gasteiger partial charge >= 0.3 is 13.8 Å². The molecule has 3 N–H and O–H groups in total. The highest BCUT2D eigenvalue weighted by Gasteiger charge is 2.23. The number of hydrogen-bond acceptors (Lipinski definition) is 7. The molecule has 0 spiro atoms. The van der Waals surface area contributed by atoms with Crippen molar-refractivity contribution in [1.29, 1.82) is 0 Å². The third kappa shape index (κ3) is 45.3. The Balaban J connectivity index is 3.55. The minimum absolute atomic E-state index is 0.0832. The van der Waals surface area contributed by atoms with E-state index in [1.54, 1.807) is 0 Å². The molecule has 0 radical (unpaired) electrons. The number of rotatable bonds is 45. The van der Waals surface area contributed by atoms with E-state index in [9.17, 15) is 24.2 Å². The Morgan fingerprint density at radius 2 is 0.983 bits per heavy atom. The second-order valence-corrected chi connectivity index (χ2v) is 17.5. The molecule has 0 aliphatic carbocycles. The average molecular weight is 840 g/mol. The number of esters is 1. The first kappa shape index (κ1) is 56.2. The third-order valence-corrected chi connectivity index (χ3v) is 11.3. The molecule has 0 rings (SSSR count). The molecule has 0 saturated heterocycles. The topological polar surface area (TPSA) is 131 Å². The van der Waals surface area contributed by atoms with E-state index >= 15 is 0 Å². The fraction of sp³-hybridized carbons (Fsp3) is 0.833. The van der Waals surface area contributed by atoms with E-state index in [0.29, 0.717) is 6.42 Å². The Labute approximate surface area is 356 Å². The standard InChI is InChI=1S/C48H90NO8P/c1-3-5-7-9-11-13-15-17-19-21-22-23-25-26-28-30-32-34-36-38-40-47(51)49-42-43-56-58(53,54)57-45-46(50)44-55-48(52)41-39-37-35-33-31-29-27-24-20-18-16-14-12-10-8-6-4-2/h6,8,12,14,18,20,46,50H,3-5,7,9-11,13,15-17,19,21-45H2,1-2H3,(H,49,51)(H,53,54)/b8-6-,14-12-,20-18-. The highest BCUT2D eigenvalue weighted by atomic mass is 31.2. The summed E-state index contributed by atoms with van der Waals surface area (Å²) in [5, 5.41) is 12.7. The molecular formula is C48H90NO8P. The summed E-state index contributed by atoms with van der Waals surface area (Å²) in [6.07, 6.45) is 50.8. The van der Waals surface area contributed by atoms with E-state index < -0.39 is 26.5 Å². The molecule has 2 atom stereocenters. The van der Waals surface area contributed by atoms with Crippen molar-refractivity contribution in [3.05, 3.63) is 36.5 Å². The van der Waals surface area contributed by atoms with Crippen LogP contribution >= 0.6 is 7.82 Å². The van der Waals surface area contributed by atoms with Crippen LogP contribution in [0.2, 0.25) is 0 Å². The second kappa shape index (κ2) is 44.8. The molecule has 0 aromatic heterocycles. The number of allylic oxidation sites excluding steroid dienone is 6. The first-order chi connectivity index (χ1) is 28.3. The van der Waals surface area contributed by atoms with Gasteiger partial charge in [0, 0.05) is 19.4 Å². The normalized spacial score (nSPS) is 13.5. The Kier molecular flexibility index (Phi) is 43.4. The van der Waals surface area contributed by atoms with Crippen LogP contribution in [0, 0.1) is 0 Å². The summed E-state index contributed by atoms with van der Waals surface area (Å²) in [6, 6.07) is 0. The van der Waals surface area contributed by atoms with Crippen LogP contribution in [0.3, 0.4) is 0 Å². The predicted molar refractivity (Wildman–Crippen MR) is 243 cm³/mol. The van der Waals surface area contributed by atoms with Crippen LogP contribution in [0.4, 0.5) is 0 Å². The summed E-state index contributed by atoms with van der Waals surface area (Å²) in [7, 11) is -4.42. The van der Waals surface area contributed by atoms with Crippen molar-refractivity contribution in [2.45, 2.75) is 232 Å². The van der Waals surface area contributed by atoms with Crippen molar-refractivity contribution in [1.82, 2.24) is 5.32 Å². The number of carbonyl (C=O) groups is 2. The predicted octanol–water partition coefficient (Wildman–Crippen LogP) is 13.7. The molecule has 0 aromatic carbocycles. The van der Waals surface area contributed by atoms with Gasteiger partial charge in [0.1, 0.15) is 12.7 Å². The Bertz CT molecular complexity index is 1050. The van der Waals surface area contributed by atoms with Gasteiger partial charge in [-0.1, -0.05) is 204 Å². The van der Waals surface area contributed by atoms with Gasteiger partial charge in [0.15, 0.2) is 0 Å². The lowest BCUT2D eigenvalue weighted by atomic mass is 10.0. The molecule has 58 heavy (non-hydrogen) atoms. The van der Waals surface area contributed by atoms with Gasteiger partial charge < -0.3 is 20.1 Å². The molecule has 0 fully saturated rings. The highest BCUT2D eigenvalue weighted by molar-refractivity contribution is 7.47. The minimum atomic E-state index is -4.42. The molecular weight excluding hydrogens is 750 g/mol. The van der Waals surface area contributed by atoms with E-state index in [-0.39, 0.29) is 32.1 Å². The van der Waals surface area contributed by atoms with Crippen molar-refractivity contribution in [2.75, 3.05) is 26.4 Å². The maximum absolute atomic E-state index is 12.1. The van der Waals surface area contributed by atoms with Crippen LogP contribution in [0.15, 0.2) is 36.5 Å². The van der Waals surface area contributed by atoms with Gasteiger partial charge in [0.05, 0.1) is 13.2 Å². The summed E-state index contributed by atoms with van der Waals surface area (Å²) in [5.74, 6) is -0.519. The number of carbonyl (C=O) groups excluding carboxylic acids is 2. The molecule has 0 aliphatic heterocycles. The summed E-state index contributed by atoms with van der Waals surface area (Å²) in [4.78, 5) is 34.0. The Morgan fingerprint density at radius 1 is 0.552 bits per heavy atom. The van der Waals surface area contributed by atoms with Crippen LogP contribution in [0.1, 0.15) is 226 Å². The summed E-state index contributed by atoms with van der Waals surface area (Å²) in [5.41, 5.74) is 0. The lowest BCUT2D eigenvalue weighted by Crippen LogP contribution is -2.27. The number of amides is 1. The molecule has 9 nitrogen and oxygen atoms in total.